The predicted molar refractivity (Wildman–Crippen MR) is 101 cm³/mol. The molecule has 1 unspecified atom stereocenters. The van der Waals surface area contributed by atoms with Gasteiger partial charge in [-0.2, -0.15) is 0 Å². The minimum Gasteiger partial charge on any atom is -0.272 e. The standard InChI is InChI=1S/C17H19BrN4OS/c1-10-4-5-12(11(2)6-10)7-13-9-23-22-16(20-13)15-14(18)8-19-17(21-15)24-3/h4-6,8,13H,7,9H2,1-3H3,(H,20,22). The number of aryl methyl sites for hydroxylation is 2. The highest BCUT2D eigenvalue weighted by Crippen LogP contribution is 2.20. The van der Waals surface area contributed by atoms with Crippen molar-refractivity contribution in [2.45, 2.75) is 31.5 Å². The Bertz CT molecular complexity index is 781. The van der Waals surface area contributed by atoms with E-state index in [1.54, 1.807) is 6.20 Å². The van der Waals surface area contributed by atoms with Gasteiger partial charge >= 0.3 is 0 Å². The Kier molecular flexibility index (Phi) is 5.53. The van der Waals surface area contributed by atoms with E-state index in [0.29, 0.717) is 17.6 Å². The summed E-state index contributed by atoms with van der Waals surface area (Å²) in [6, 6.07) is 6.57. The summed E-state index contributed by atoms with van der Waals surface area (Å²) in [6.07, 6.45) is 4.53. The molecule has 0 fully saturated rings. The van der Waals surface area contributed by atoms with Crippen molar-refractivity contribution >= 4 is 33.5 Å². The predicted octanol–water partition coefficient (Wildman–Crippen LogP) is 3.47. The van der Waals surface area contributed by atoms with Gasteiger partial charge in [-0.05, 0) is 53.6 Å². The third-order valence-corrected chi connectivity index (χ3v) is 4.98. The van der Waals surface area contributed by atoms with Crippen LogP contribution in [0.3, 0.4) is 0 Å². The van der Waals surface area contributed by atoms with Gasteiger partial charge in [0, 0.05) is 6.20 Å². The zero-order chi connectivity index (χ0) is 17.1. The van der Waals surface area contributed by atoms with Crippen molar-refractivity contribution in [3.05, 3.63) is 51.3 Å². The maximum atomic E-state index is 5.54. The number of amidine groups is 1. The van der Waals surface area contributed by atoms with E-state index in [-0.39, 0.29) is 6.04 Å². The zero-order valence-corrected chi connectivity index (χ0v) is 16.2. The minimum absolute atomic E-state index is 0.0576. The third-order valence-electron chi connectivity index (χ3n) is 3.84. The smallest absolute Gasteiger partial charge is 0.187 e. The third kappa shape index (κ3) is 3.96. The molecule has 1 aliphatic heterocycles. The van der Waals surface area contributed by atoms with Crippen LogP contribution in [0.15, 0.2) is 39.0 Å². The molecule has 1 aromatic heterocycles. The van der Waals surface area contributed by atoms with E-state index >= 15 is 0 Å². The summed E-state index contributed by atoms with van der Waals surface area (Å²) in [5, 5.41) is 0.703. The van der Waals surface area contributed by atoms with Gasteiger partial charge in [-0.3, -0.25) is 9.83 Å². The summed E-state index contributed by atoms with van der Waals surface area (Å²) >= 11 is 4.99. The number of nitrogens with one attached hydrogen (secondary N) is 1. The number of hydroxylamine groups is 1. The lowest BCUT2D eigenvalue weighted by Gasteiger charge is -2.22. The molecular weight excluding hydrogens is 388 g/mol. The number of aromatic nitrogens is 2. The molecular formula is C17H19BrN4OS. The highest BCUT2D eigenvalue weighted by atomic mass is 79.9. The second-order valence-corrected chi connectivity index (χ2v) is 7.36. The second kappa shape index (κ2) is 7.63. The first-order chi connectivity index (χ1) is 11.6. The summed E-state index contributed by atoms with van der Waals surface area (Å²) in [5.74, 6) is 0.639. The Morgan fingerprint density at radius 1 is 1.38 bits per heavy atom. The van der Waals surface area contributed by atoms with E-state index in [1.807, 2.05) is 6.26 Å². The monoisotopic (exact) mass is 406 g/mol. The molecule has 0 radical (unpaired) electrons. The SMILES string of the molecule is CSc1ncc(Br)c(C2=NC(Cc3ccc(C)cc3C)CON2)n1. The van der Waals surface area contributed by atoms with Crippen molar-refractivity contribution in [1.29, 1.82) is 0 Å². The zero-order valence-electron chi connectivity index (χ0n) is 13.8. The van der Waals surface area contributed by atoms with Gasteiger partial charge in [0.2, 0.25) is 0 Å². The van der Waals surface area contributed by atoms with Crippen molar-refractivity contribution in [2.75, 3.05) is 12.9 Å². The van der Waals surface area contributed by atoms with Crippen LogP contribution in [0.2, 0.25) is 0 Å². The molecule has 0 spiro atoms. The molecule has 5 nitrogen and oxygen atoms in total. The lowest BCUT2D eigenvalue weighted by molar-refractivity contribution is 0.0621. The molecule has 0 bridgehead atoms. The summed E-state index contributed by atoms with van der Waals surface area (Å²) < 4.78 is 0.794. The number of benzene rings is 1. The van der Waals surface area contributed by atoms with Gasteiger partial charge in [0.1, 0.15) is 5.69 Å². The van der Waals surface area contributed by atoms with E-state index in [4.69, 9.17) is 9.83 Å². The summed E-state index contributed by atoms with van der Waals surface area (Å²) in [4.78, 5) is 19.1. The van der Waals surface area contributed by atoms with Crippen molar-refractivity contribution in [3.8, 4) is 0 Å². The van der Waals surface area contributed by atoms with Gasteiger partial charge in [0.15, 0.2) is 11.0 Å². The average molecular weight is 407 g/mol. The molecule has 1 atom stereocenters. The maximum Gasteiger partial charge on any atom is 0.187 e. The van der Waals surface area contributed by atoms with Crippen LogP contribution in [0.4, 0.5) is 0 Å². The molecule has 3 rings (SSSR count). The minimum atomic E-state index is 0.0576. The molecule has 0 aliphatic carbocycles. The lowest BCUT2D eigenvalue weighted by atomic mass is 9.99. The van der Waals surface area contributed by atoms with E-state index in [9.17, 15) is 0 Å². The van der Waals surface area contributed by atoms with E-state index in [2.05, 4.69) is 63.4 Å². The number of rotatable bonds is 4. The number of nitrogens with zero attached hydrogens (tertiary/aromatic N) is 3. The molecule has 1 N–H and O–H groups in total. The highest BCUT2D eigenvalue weighted by molar-refractivity contribution is 9.10. The lowest BCUT2D eigenvalue weighted by Crippen LogP contribution is -2.37. The van der Waals surface area contributed by atoms with Crippen LogP contribution in [-0.2, 0) is 11.3 Å². The van der Waals surface area contributed by atoms with Crippen LogP contribution < -0.4 is 5.48 Å². The van der Waals surface area contributed by atoms with Crippen LogP contribution in [0.1, 0.15) is 22.4 Å². The highest BCUT2D eigenvalue weighted by Gasteiger charge is 2.21. The molecule has 2 heterocycles. The van der Waals surface area contributed by atoms with Crippen LogP contribution in [-0.4, -0.2) is 34.7 Å². The number of halogens is 1. The van der Waals surface area contributed by atoms with E-state index in [0.717, 1.165) is 16.6 Å². The molecule has 7 heteroatoms. The quantitative estimate of drug-likeness (QED) is 0.621. The number of hydrogen-bond acceptors (Lipinski definition) is 6. The second-order valence-electron chi connectivity index (χ2n) is 5.73. The maximum absolute atomic E-state index is 5.54. The first kappa shape index (κ1) is 17.4. The Morgan fingerprint density at radius 2 is 2.21 bits per heavy atom. The molecule has 24 heavy (non-hydrogen) atoms. The Balaban J connectivity index is 1.85. The number of hydrogen-bond donors (Lipinski definition) is 1. The molecule has 0 saturated heterocycles. The fraction of sp³-hybridized carbons (Fsp3) is 0.353. The van der Waals surface area contributed by atoms with Crippen LogP contribution >= 0.6 is 27.7 Å². The van der Waals surface area contributed by atoms with E-state index in [1.165, 1.54) is 28.5 Å². The van der Waals surface area contributed by atoms with Crippen LogP contribution in [0.5, 0.6) is 0 Å². The molecule has 1 aromatic carbocycles. The van der Waals surface area contributed by atoms with Gasteiger partial charge in [0.05, 0.1) is 17.1 Å². The normalized spacial score (nSPS) is 17.3. The summed E-state index contributed by atoms with van der Waals surface area (Å²) in [7, 11) is 0. The van der Waals surface area contributed by atoms with Gasteiger partial charge in [-0.1, -0.05) is 35.5 Å². The van der Waals surface area contributed by atoms with Crippen LogP contribution in [0, 0.1) is 13.8 Å². The topological polar surface area (TPSA) is 59.4 Å². The van der Waals surface area contributed by atoms with Gasteiger partial charge in [0.25, 0.3) is 0 Å². The van der Waals surface area contributed by atoms with E-state index < -0.39 is 0 Å². The Labute approximate surface area is 154 Å². The van der Waals surface area contributed by atoms with Crippen molar-refractivity contribution in [1.82, 2.24) is 15.4 Å². The van der Waals surface area contributed by atoms with Gasteiger partial charge in [-0.25, -0.2) is 15.4 Å². The Morgan fingerprint density at radius 3 is 2.96 bits per heavy atom. The van der Waals surface area contributed by atoms with Crippen molar-refractivity contribution in [2.24, 2.45) is 4.99 Å². The van der Waals surface area contributed by atoms with Crippen molar-refractivity contribution < 1.29 is 4.84 Å². The molecule has 2 aromatic rings. The van der Waals surface area contributed by atoms with Crippen LogP contribution in [0.25, 0.3) is 0 Å². The fourth-order valence-corrected chi connectivity index (χ4v) is 3.33. The van der Waals surface area contributed by atoms with Gasteiger partial charge < -0.3 is 0 Å². The molecule has 1 aliphatic rings. The van der Waals surface area contributed by atoms with Crippen molar-refractivity contribution in [3.63, 3.8) is 0 Å². The molecule has 126 valence electrons. The van der Waals surface area contributed by atoms with Gasteiger partial charge in [-0.15, -0.1) is 0 Å². The average Bonchev–Trinajstić information content (AvgIpc) is 2.58. The Hall–Kier alpha value is -1.44. The first-order valence-electron chi connectivity index (χ1n) is 7.65. The summed E-state index contributed by atoms with van der Waals surface area (Å²) in [5.41, 5.74) is 7.47. The summed E-state index contributed by atoms with van der Waals surface area (Å²) in [6.45, 7) is 4.78. The number of aliphatic imine (C=N–C) groups is 1. The molecule has 0 amide bonds. The number of thioether (sulfide) groups is 1. The largest absolute Gasteiger partial charge is 0.272 e. The fourth-order valence-electron chi connectivity index (χ4n) is 2.61. The first-order valence-corrected chi connectivity index (χ1v) is 9.67. The molecule has 0 saturated carbocycles.